The Hall–Kier alpha value is -3.35. The van der Waals surface area contributed by atoms with E-state index in [1.165, 1.54) is 32.1 Å². The van der Waals surface area contributed by atoms with Gasteiger partial charge in [0.25, 0.3) is 5.91 Å². The summed E-state index contributed by atoms with van der Waals surface area (Å²) < 4.78 is 5.78. The van der Waals surface area contributed by atoms with Gasteiger partial charge in [0.1, 0.15) is 11.3 Å². The number of nitrogens with one attached hydrogen (secondary N) is 1. The highest BCUT2D eigenvalue weighted by Gasteiger charge is 2.37. The number of hydrogen-bond donors (Lipinski definition) is 1. The normalized spacial score (nSPS) is 23.4. The molecule has 3 aromatic rings. The molecule has 1 aliphatic carbocycles. The average molecular weight is 472 g/mol. The summed E-state index contributed by atoms with van der Waals surface area (Å²) in [6, 6.07) is 10.4. The van der Waals surface area contributed by atoms with Crippen LogP contribution < -0.4 is 19.9 Å². The first-order valence-corrected chi connectivity index (χ1v) is 12.9. The van der Waals surface area contributed by atoms with Crippen molar-refractivity contribution in [1.82, 2.24) is 15.3 Å². The predicted octanol–water partition coefficient (Wildman–Crippen LogP) is 4.72. The summed E-state index contributed by atoms with van der Waals surface area (Å²) in [7, 11) is 3.98. The van der Waals surface area contributed by atoms with Gasteiger partial charge in [0, 0.05) is 56.4 Å². The quantitative estimate of drug-likeness (QED) is 0.594. The number of nitrogens with zero attached hydrogens (tertiary/aromatic N) is 4. The maximum absolute atomic E-state index is 13.6. The van der Waals surface area contributed by atoms with Crippen molar-refractivity contribution < 1.29 is 9.53 Å². The van der Waals surface area contributed by atoms with Gasteiger partial charge in [-0.15, -0.1) is 0 Å². The maximum atomic E-state index is 13.6. The second-order valence-corrected chi connectivity index (χ2v) is 10.2. The number of amides is 1. The van der Waals surface area contributed by atoms with E-state index in [1.54, 1.807) is 6.20 Å². The van der Waals surface area contributed by atoms with Crippen molar-refractivity contribution in [2.24, 2.45) is 5.92 Å². The average Bonchev–Trinajstić information content (AvgIpc) is 3.31. The number of hydrogen-bond acceptors (Lipinski definition) is 6. The van der Waals surface area contributed by atoms with Gasteiger partial charge in [-0.1, -0.05) is 31.0 Å². The van der Waals surface area contributed by atoms with Gasteiger partial charge in [-0.2, -0.15) is 0 Å². The number of benzene rings is 1. The first-order chi connectivity index (χ1) is 17.1. The van der Waals surface area contributed by atoms with Crippen LogP contribution in [0.4, 0.5) is 11.5 Å². The lowest BCUT2D eigenvalue weighted by Gasteiger charge is -2.33. The van der Waals surface area contributed by atoms with E-state index < -0.39 is 0 Å². The lowest BCUT2D eigenvalue weighted by atomic mass is 9.85. The van der Waals surface area contributed by atoms with Crippen LogP contribution in [0.3, 0.4) is 0 Å². The molecule has 6 rings (SSSR count). The molecule has 1 saturated heterocycles. The number of carbonyl (C=O) groups excluding carboxylic acids is 1. The molecule has 3 atom stereocenters. The number of carbonyl (C=O) groups is 1. The minimum atomic E-state index is -0.114. The Kier molecular flexibility index (Phi) is 5.71. The highest BCUT2D eigenvalue weighted by molar-refractivity contribution is 6.09. The summed E-state index contributed by atoms with van der Waals surface area (Å²) in [6.45, 7) is 1.62. The van der Waals surface area contributed by atoms with Gasteiger partial charge in [0.15, 0.2) is 5.82 Å². The molecule has 2 unspecified atom stereocenters. The molecular formula is C28H33N5O2. The van der Waals surface area contributed by atoms with Crippen LogP contribution in [0.15, 0.2) is 42.7 Å². The lowest BCUT2D eigenvalue weighted by Crippen LogP contribution is -2.35. The molecule has 1 aromatic carbocycles. The summed E-state index contributed by atoms with van der Waals surface area (Å²) in [5, 5.41) is 4.22. The third-order valence-electron chi connectivity index (χ3n) is 7.98. The number of fused-ring (bicyclic) bond motifs is 3. The molecule has 7 nitrogen and oxygen atoms in total. The van der Waals surface area contributed by atoms with E-state index >= 15 is 0 Å². The molecule has 2 aromatic heterocycles. The van der Waals surface area contributed by atoms with Gasteiger partial charge in [0.05, 0.1) is 23.9 Å². The van der Waals surface area contributed by atoms with Crippen molar-refractivity contribution in [2.75, 3.05) is 37.0 Å². The van der Waals surface area contributed by atoms with Crippen molar-refractivity contribution in [3.8, 4) is 5.75 Å². The van der Waals surface area contributed by atoms with Gasteiger partial charge >= 0.3 is 0 Å². The Bertz CT molecular complexity index is 1260. The first-order valence-electron chi connectivity index (χ1n) is 12.9. The molecule has 3 aliphatic rings. The van der Waals surface area contributed by atoms with Crippen LogP contribution >= 0.6 is 0 Å². The predicted molar refractivity (Wildman–Crippen MR) is 138 cm³/mol. The van der Waals surface area contributed by atoms with Crippen molar-refractivity contribution in [3.63, 3.8) is 0 Å². The fourth-order valence-corrected chi connectivity index (χ4v) is 6.35. The van der Waals surface area contributed by atoms with E-state index in [9.17, 15) is 4.79 Å². The number of pyridine rings is 2. The van der Waals surface area contributed by atoms with Crippen molar-refractivity contribution in [3.05, 3.63) is 53.9 Å². The molecule has 0 spiro atoms. The van der Waals surface area contributed by atoms with E-state index in [-0.39, 0.29) is 11.9 Å². The van der Waals surface area contributed by atoms with Gasteiger partial charge in [-0.3, -0.25) is 9.78 Å². The third-order valence-corrected chi connectivity index (χ3v) is 7.98. The third kappa shape index (κ3) is 3.87. The number of para-hydroxylation sites is 1. The van der Waals surface area contributed by atoms with Gasteiger partial charge in [-0.05, 0) is 37.3 Å². The van der Waals surface area contributed by atoms with E-state index in [0.29, 0.717) is 18.2 Å². The zero-order valence-corrected chi connectivity index (χ0v) is 20.5. The largest absolute Gasteiger partial charge is 0.493 e. The van der Waals surface area contributed by atoms with Crippen LogP contribution in [0.1, 0.15) is 60.5 Å². The van der Waals surface area contributed by atoms with Gasteiger partial charge in [0.2, 0.25) is 0 Å². The Balaban J connectivity index is 1.36. The van der Waals surface area contributed by atoms with E-state index in [0.717, 1.165) is 52.6 Å². The SMILES string of the molecule is CN(C)c1c(C(=O)N[C@H]2CCOc3ccccc32)cnc2c(N3CCC4CCCCC43)nccc12. The standard InChI is InChI=1S/C28H33N5O2/c1-32(2)26-20-11-14-29-27(33-15-12-18-7-3-5-9-23(18)33)25(20)30-17-21(26)28(34)31-22-13-16-35-24-10-6-4-8-19(22)24/h4,6,8,10-11,14,17-18,22-23H,3,5,7,9,12-13,15-16H2,1-2H3,(H,31,34)/t18?,22-,23?/m0/s1. The van der Waals surface area contributed by atoms with Gasteiger partial charge in [-0.25, -0.2) is 4.98 Å². The summed E-state index contributed by atoms with van der Waals surface area (Å²) in [6.07, 6.45) is 10.8. The number of rotatable bonds is 4. The fourth-order valence-electron chi connectivity index (χ4n) is 6.35. The number of aromatic nitrogens is 2. The summed E-state index contributed by atoms with van der Waals surface area (Å²) >= 11 is 0. The lowest BCUT2D eigenvalue weighted by molar-refractivity contribution is 0.0925. The maximum Gasteiger partial charge on any atom is 0.255 e. The fraction of sp³-hybridized carbons (Fsp3) is 0.464. The van der Waals surface area contributed by atoms with Crippen molar-refractivity contribution in [2.45, 2.75) is 50.6 Å². The number of anilines is 2. The molecule has 7 heteroatoms. The molecule has 2 aliphatic heterocycles. The highest BCUT2D eigenvalue weighted by Crippen LogP contribution is 2.41. The van der Waals surface area contributed by atoms with E-state index in [1.807, 2.05) is 55.5 Å². The Morgan fingerprint density at radius 1 is 1.09 bits per heavy atom. The van der Waals surface area contributed by atoms with Crippen LogP contribution in [0.5, 0.6) is 5.75 Å². The minimum Gasteiger partial charge on any atom is -0.493 e. The van der Waals surface area contributed by atoms with Crippen LogP contribution in [-0.2, 0) is 0 Å². The topological polar surface area (TPSA) is 70.6 Å². The zero-order valence-electron chi connectivity index (χ0n) is 20.5. The van der Waals surface area contributed by atoms with Crippen LogP contribution in [0.2, 0.25) is 0 Å². The number of ether oxygens (including phenoxy) is 1. The Morgan fingerprint density at radius 2 is 1.94 bits per heavy atom. The van der Waals surface area contributed by atoms with Crippen molar-refractivity contribution in [1.29, 1.82) is 0 Å². The van der Waals surface area contributed by atoms with Crippen LogP contribution in [0.25, 0.3) is 10.9 Å². The zero-order chi connectivity index (χ0) is 23.9. The molecule has 35 heavy (non-hydrogen) atoms. The Morgan fingerprint density at radius 3 is 2.83 bits per heavy atom. The minimum absolute atomic E-state index is 0.0843. The second kappa shape index (κ2) is 9.02. The molecule has 0 radical (unpaired) electrons. The van der Waals surface area contributed by atoms with E-state index in [2.05, 4.69) is 10.2 Å². The molecule has 1 N–H and O–H groups in total. The molecule has 4 heterocycles. The van der Waals surface area contributed by atoms with Crippen molar-refractivity contribution >= 4 is 28.3 Å². The summed E-state index contributed by atoms with van der Waals surface area (Å²) in [5.41, 5.74) is 3.38. The Labute approximate surface area is 206 Å². The monoisotopic (exact) mass is 471 g/mol. The molecule has 1 saturated carbocycles. The summed E-state index contributed by atoms with van der Waals surface area (Å²) in [5.74, 6) is 2.46. The highest BCUT2D eigenvalue weighted by atomic mass is 16.5. The van der Waals surface area contributed by atoms with Gasteiger partial charge < -0.3 is 19.9 Å². The van der Waals surface area contributed by atoms with Crippen LogP contribution in [-0.4, -0.2) is 49.2 Å². The second-order valence-electron chi connectivity index (χ2n) is 10.2. The first kappa shape index (κ1) is 22.1. The smallest absolute Gasteiger partial charge is 0.255 e. The molecule has 182 valence electrons. The molecule has 2 fully saturated rings. The molecule has 1 amide bonds. The molecule has 0 bridgehead atoms. The molecular weight excluding hydrogens is 438 g/mol. The van der Waals surface area contributed by atoms with Crippen LogP contribution in [0, 0.1) is 5.92 Å². The summed E-state index contributed by atoms with van der Waals surface area (Å²) in [4.78, 5) is 27.7. The van der Waals surface area contributed by atoms with E-state index in [4.69, 9.17) is 14.7 Å².